The van der Waals surface area contributed by atoms with Crippen LogP contribution in [0, 0.1) is 0 Å². The van der Waals surface area contributed by atoms with Gasteiger partial charge in [-0.15, -0.1) is 0 Å². The van der Waals surface area contributed by atoms with E-state index in [0.29, 0.717) is 0 Å². The molecule has 2 atom stereocenters. The van der Waals surface area contributed by atoms with Gasteiger partial charge >= 0.3 is 0 Å². The quantitative estimate of drug-likeness (QED) is 0.242. The highest BCUT2D eigenvalue weighted by Gasteiger charge is 2.35. The molecule has 2 unspecified atom stereocenters. The highest BCUT2D eigenvalue weighted by Crippen LogP contribution is 2.30. The Bertz CT molecular complexity index is 680. The number of carbonyl (C=O) groups is 4. The summed E-state index contributed by atoms with van der Waals surface area (Å²) in [5.41, 5.74) is 0.0155. The van der Waals surface area contributed by atoms with Gasteiger partial charge in [0.05, 0.1) is 0 Å². The molecular weight excluding hydrogens is 501 g/mol. The molecule has 1 aromatic carbocycles. The van der Waals surface area contributed by atoms with Crippen molar-refractivity contribution in [3.63, 3.8) is 0 Å². The molecule has 0 fully saturated rings. The molecule has 0 bridgehead atoms. The van der Waals surface area contributed by atoms with Crippen LogP contribution in [-0.4, -0.2) is 44.6 Å². The number of rotatable bonds is 8. The second kappa shape index (κ2) is 10.6. The maximum atomic E-state index is 12.3. The minimum absolute atomic E-state index is 0.00776. The third kappa shape index (κ3) is 7.69. The van der Waals surface area contributed by atoms with Crippen molar-refractivity contribution in [1.82, 2.24) is 21.3 Å². The molecule has 4 N–H and O–H groups in total. The molecule has 0 aliphatic rings. The first-order valence-corrected chi connectivity index (χ1v) is 9.41. The molecule has 0 radical (unpaired) electrons. The van der Waals surface area contributed by atoms with E-state index < -0.39 is 31.7 Å². The summed E-state index contributed by atoms with van der Waals surface area (Å²) in [6.45, 7) is 0. The van der Waals surface area contributed by atoms with Crippen molar-refractivity contribution in [3.8, 4) is 0 Å². The Hall–Kier alpha value is -1.16. The standard InChI is InChI=1S/C14H12Cl6N4O4/c15-13(16,17)11(21-5-25)23-9(27)7-2-1-3-8(4-7)10(28)24-12(22-6-26)14(18,19)20/h1-6,11-12H,(H,21,25)(H,22,26)(H,23,27)(H,24,28). The van der Waals surface area contributed by atoms with Gasteiger partial charge in [0.25, 0.3) is 11.8 Å². The van der Waals surface area contributed by atoms with Crippen LogP contribution in [0.15, 0.2) is 24.3 Å². The van der Waals surface area contributed by atoms with Crippen molar-refractivity contribution in [2.75, 3.05) is 0 Å². The van der Waals surface area contributed by atoms with Crippen molar-refractivity contribution in [2.24, 2.45) is 0 Å². The highest BCUT2D eigenvalue weighted by molar-refractivity contribution is 6.68. The van der Waals surface area contributed by atoms with Gasteiger partial charge in [0.15, 0.2) is 0 Å². The number of alkyl halides is 6. The van der Waals surface area contributed by atoms with Gasteiger partial charge in [-0.3, -0.25) is 19.2 Å². The first-order chi connectivity index (χ1) is 12.9. The number of hydrogen-bond acceptors (Lipinski definition) is 4. The van der Waals surface area contributed by atoms with Crippen molar-refractivity contribution in [3.05, 3.63) is 35.4 Å². The minimum Gasteiger partial charge on any atom is -0.335 e. The van der Waals surface area contributed by atoms with Gasteiger partial charge in [0.1, 0.15) is 12.3 Å². The van der Waals surface area contributed by atoms with E-state index in [2.05, 4.69) is 21.3 Å². The molecule has 0 heterocycles. The van der Waals surface area contributed by atoms with E-state index in [-0.39, 0.29) is 23.9 Å². The van der Waals surface area contributed by atoms with Crippen molar-refractivity contribution >= 4 is 94.2 Å². The fourth-order valence-corrected chi connectivity index (χ4v) is 2.51. The van der Waals surface area contributed by atoms with E-state index in [1.54, 1.807) is 0 Å². The van der Waals surface area contributed by atoms with Gasteiger partial charge in [-0.2, -0.15) is 0 Å². The molecule has 0 aliphatic heterocycles. The second-order valence-corrected chi connectivity index (χ2v) is 9.78. The van der Waals surface area contributed by atoms with Crippen LogP contribution in [0.2, 0.25) is 0 Å². The third-order valence-electron chi connectivity index (χ3n) is 3.06. The zero-order valence-electron chi connectivity index (χ0n) is 13.5. The molecule has 8 nitrogen and oxygen atoms in total. The molecule has 28 heavy (non-hydrogen) atoms. The fraction of sp³-hybridized carbons (Fsp3) is 0.286. The summed E-state index contributed by atoms with van der Waals surface area (Å²) in [5.74, 6) is -1.49. The van der Waals surface area contributed by atoms with Crippen LogP contribution < -0.4 is 21.3 Å². The monoisotopic (exact) mass is 510 g/mol. The lowest BCUT2D eigenvalue weighted by molar-refractivity contribution is -0.111. The molecule has 14 heteroatoms. The Labute approximate surface area is 189 Å². The van der Waals surface area contributed by atoms with Crippen LogP contribution in [0.5, 0.6) is 0 Å². The summed E-state index contributed by atoms with van der Waals surface area (Å²) in [7, 11) is 0. The van der Waals surface area contributed by atoms with Gasteiger partial charge in [-0.25, -0.2) is 0 Å². The lowest BCUT2D eigenvalue weighted by Crippen LogP contribution is -2.53. The number of benzene rings is 1. The summed E-state index contributed by atoms with van der Waals surface area (Å²) in [6.07, 6.45) is -2.17. The maximum absolute atomic E-state index is 12.3. The molecule has 0 spiro atoms. The molecule has 0 saturated carbocycles. The highest BCUT2D eigenvalue weighted by atomic mass is 35.6. The van der Waals surface area contributed by atoms with E-state index in [1.807, 2.05) is 0 Å². The topological polar surface area (TPSA) is 116 Å². The normalized spacial score (nSPS) is 13.6. The molecule has 1 aromatic rings. The molecule has 0 aliphatic carbocycles. The van der Waals surface area contributed by atoms with Gasteiger partial charge < -0.3 is 21.3 Å². The average Bonchev–Trinajstić information content (AvgIpc) is 2.59. The summed E-state index contributed by atoms with van der Waals surface area (Å²) in [5, 5.41) is 8.88. The average molecular weight is 513 g/mol. The predicted molar refractivity (Wildman–Crippen MR) is 108 cm³/mol. The summed E-state index contributed by atoms with van der Waals surface area (Å²) < 4.78 is -4.05. The Morgan fingerprint density at radius 2 is 1.14 bits per heavy atom. The van der Waals surface area contributed by atoms with Gasteiger partial charge in [0, 0.05) is 11.1 Å². The molecule has 0 saturated heterocycles. The van der Waals surface area contributed by atoms with Crippen LogP contribution in [0.25, 0.3) is 0 Å². The fourth-order valence-electron chi connectivity index (χ4n) is 1.80. The van der Waals surface area contributed by atoms with Gasteiger partial charge in [-0.1, -0.05) is 75.7 Å². The zero-order valence-corrected chi connectivity index (χ0v) is 18.1. The summed E-state index contributed by atoms with van der Waals surface area (Å²) in [4.78, 5) is 45.9. The van der Waals surface area contributed by atoms with Crippen molar-refractivity contribution in [1.29, 1.82) is 0 Å². The Morgan fingerprint density at radius 1 is 0.786 bits per heavy atom. The number of carbonyl (C=O) groups excluding carboxylic acids is 4. The first-order valence-electron chi connectivity index (χ1n) is 7.14. The number of amides is 4. The lowest BCUT2D eigenvalue weighted by atomic mass is 10.1. The van der Waals surface area contributed by atoms with E-state index in [1.165, 1.54) is 24.3 Å². The van der Waals surface area contributed by atoms with Crippen molar-refractivity contribution < 1.29 is 19.2 Å². The van der Waals surface area contributed by atoms with Gasteiger partial charge in [0.2, 0.25) is 20.4 Å². The SMILES string of the molecule is O=CNC(NC(=O)c1cccc(C(=O)NC(NC=O)C(Cl)(Cl)Cl)c1)C(Cl)(Cl)Cl. The van der Waals surface area contributed by atoms with Crippen molar-refractivity contribution in [2.45, 2.75) is 19.9 Å². The zero-order chi connectivity index (χ0) is 21.5. The number of nitrogens with one attached hydrogen (secondary N) is 4. The van der Waals surface area contributed by atoms with Gasteiger partial charge in [-0.05, 0) is 18.2 Å². The third-order valence-corrected chi connectivity index (χ3v) is 4.37. The van der Waals surface area contributed by atoms with Crippen LogP contribution in [0.3, 0.4) is 0 Å². The summed E-state index contributed by atoms with van der Waals surface area (Å²) >= 11 is 34.1. The molecule has 0 aromatic heterocycles. The van der Waals surface area contributed by atoms with E-state index in [4.69, 9.17) is 69.6 Å². The predicted octanol–water partition coefficient (Wildman–Crippen LogP) is 2.03. The van der Waals surface area contributed by atoms with E-state index in [0.717, 1.165) is 0 Å². The number of hydrogen-bond donors (Lipinski definition) is 4. The summed E-state index contributed by atoms with van der Waals surface area (Å²) in [6, 6.07) is 5.35. The minimum atomic E-state index is -2.02. The molecule has 4 amide bonds. The Balaban J connectivity index is 2.98. The van der Waals surface area contributed by atoms with E-state index >= 15 is 0 Å². The van der Waals surface area contributed by atoms with E-state index in [9.17, 15) is 19.2 Å². The molecule has 154 valence electrons. The lowest BCUT2D eigenvalue weighted by Gasteiger charge is -2.25. The molecular formula is C14H12Cl6N4O4. The Morgan fingerprint density at radius 3 is 1.43 bits per heavy atom. The van der Waals surface area contributed by atoms with Crippen LogP contribution >= 0.6 is 69.6 Å². The Kier molecular flexibility index (Phi) is 9.39. The van der Waals surface area contributed by atoms with Crippen LogP contribution in [-0.2, 0) is 9.59 Å². The molecule has 1 rings (SSSR count). The van der Waals surface area contributed by atoms with Crippen LogP contribution in [0.4, 0.5) is 0 Å². The smallest absolute Gasteiger partial charge is 0.253 e. The second-order valence-electron chi connectivity index (χ2n) is 5.05. The first kappa shape index (κ1) is 24.9. The maximum Gasteiger partial charge on any atom is 0.253 e. The largest absolute Gasteiger partial charge is 0.335 e. The van der Waals surface area contributed by atoms with Crippen LogP contribution in [0.1, 0.15) is 20.7 Å². The number of halogens is 6.